The van der Waals surface area contributed by atoms with Gasteiger partial charge >= 0.3 is 0 Å². The second kappa shape index (κ2) is 8.39. The number of carbonyl (C=O) groups excluding carboxylic acids is 1. The quantitative estimate of drug-likeness (QED) is 0.376. The van der Waals surface area contributed by atoms with E-state index in [0.29, 0.717) is 24.1 Å². The van der Waals surface area contributed by atoms with Crippen molar-refractivity contribution in [3.05, 3.63) is 100 Å². The van der Waals surface area contributed by atoms with E-state index in [1.54, 1.807) is 6.07 Å². The van der Waals surface area contributed by atoms with E-state index >= 15 is 0 Å². The first kappa shape index (κ1) is 19.2. The van der Waals surface area contributed by atoms with Gasteiger partial charge in [-0.2, -0.15) is 0 Å². The number of hydrogen-bond acceptors (Lipinski definition) is 3. The lowest BCUT2D eigenvalue weighted by Crippen LogP contribution is -2.16. The summed E-state index contributed by atoms with van der Waals surface area (Å²) in [6.07, 6.45) is 0.556. The normalized spacial score (nSPS) is 10.5. The first-order valence-electron chi connectivity index (χ1n) is 9.09. The van der Waals surface area contributed by atoms with Gasteiger partial charge in [0.05, 0.1) is 0 Å². The van der Waals surface area contributed by atoms with Crippen molar-refractivity contribution in [1.29, 1.82) is 5.41 Å². The molecule has 6 N–H and O–H groups in total. The van der Waals surface area contributed by atoms with E-state index in [9.17, 15) is 4.79 Å². The first-order valence-corrected chi connectivity index (χ1v) is 9.09. The Morgan fingerprint density at radius 1 is 1.00 bits per heavy atom. The summed E-state index contributed by atoms with van der Waals surface area (Å²) in [5.41, 5.74) is 17.4. The Hall–Kier alpha value is -3.60. The van der Waals surface area contributed by atoms with Crippen LogP contribution in [0.5, 0.6) is 0 Å². The molecule has 3 aromatic carbocycles. The summed E-state index contributed by atoms with van der Waals surface area (Å²) in [6, 6.07) is 21.3. The monoisotopic (exact) mass is 372 g/mol. The molecule has 3 rings (SSSR count). The van der Waals surface area contributed by atoms with Crippen molar-refractivity contribution in [2.75, 3.05) is 5.32 Å². The molecule has 0 aromatic heterocycles. The van der Waals surface area contributed by atoms with E-state index in [-0.39, 0.29) is 5.84 Å². The average Bonchev–Trinajstić information content (AvgIpc) is 2.69. The topological polar surface area (TPSA) is 105 Å². The highest BCUT2D eigenvalue weighted by Gasteiger charge is 2.14. The highest BCUT2D eigenvalue weighted by Crippen LogP contribution is 2.25. The lowest BCUT2D eigenvalue weighted by Gasteiger charge is -2.16. The standard InChI is InChI=1S/C23H24N4O/c1-15-6-5-9-19(23(26)28)20(15)12-17-10-11-18(22(24)25)13-21(17)27-14-16-7-3-2-4-8-16/h2-11,13,27H,12,14H2,1H3,(H3,24,25)(H2,26,28). The Balaban J connectivity index is 1.96. The summed E-state index contributed by atoms with van der Waals surface area (Å²) in [5.74, 6) is -0.416. The number of nitrogens with two attached hydrogens (primary N) is 2. The van der Waals surface area contributed by atoms with Crippen molar-refractivity contribution >= 4 is 17.4 Å². The van der Waals surface area contributed by atoms with Gasteiger partial charge < -0.3 is 16.8 Å². The van der Waals surface area contributed by atoms with Gasteiger partial charge in [-0.25, -0.2) is 0 Å². The Bertz CT molecular complexity index is 1010. The predicted octanol–water partition coefficient (Wildman–Crippen LogP) is 3.58. The van der Waals surface area contributed by atoms with Crippen LogP contribution in [0.4, 0.5) is 5.69 Å². The zero-order valence-corrected chi connectivity index (χ0v) is 15.8. The molecule has 0 saturated carbocycles. The van der Waals surface area contributed by atoms with Crippen LogP contribution in [0.15, 0.2) is 66.7 Å². The average molecular weight is 372 g/mol. The molecule has 0 saturated heterocycles. The second-order valence-corrected chi connectivity index (χ2v) is 6.77. The van der Waals surface area contributed by atoms with Gasteiger partial charge in [-0.15, -0.1) is 0 Å². The van der Waals surface area contributed by atoms with Crippen LogP contribution in [-0.4, -0.2) is 11.7 Å². The molecule has 5 nitrogen and oxygen atoms in total. The van der Waals surface area contributed by atoms with E-state index in [1.165, 1.54) is 0 Å². The highest BCUT2D eigenvalue weighted by atomic mass is 16.1. The summed E-state index contributed by atoms with van der Waals surface area (Å²) >= 11 is 0. The van der Waals surface area contributed by atoms with E-state index in [4.69, 9.17) is 16.9 Å². The minimum absolute atomic E-state index is 0.0167. The van der Waals surface area contributed by atoms with Gasteiger partial charge in [-0.3, -0.25) is 10.2 Å². The zero-order valence-electron chi connectivity index (χ0n) is 15.8. The van der Waals surface area contributed by atoms with Gasteiger partial charge in [0.15, 0.2) is 0 Å². The summed E-state index contributed by atoms with van der Waals surface area (Å²) in [6.45, 7) is 2.62. The van der Waals surface area contributed by atoms with Crippen molar-refractivity contribution in [2.24, 2.45) is 11.5 Å². The van der Waals surface area contributed by atoms with Crippen LogP contribution in [-0.2, 0) is 13.0 Å². The molecule has 142 valence electrons. The van der Waals surface area contributed by atoms with Gasteiger partial charge in [0.2, 0.25) is 5.91 Å². The van der Waals surface area contributed by atoms with Crippen molar-refractivity contribution in [1.82, 2.24) is 0 Å². The Morgan fingerprint density at radius 3 is 2.43 bits per heavy atom. The van der Waals surface area contributed by atoms with Gasteiger partial charge in [-0.1, -0.05) is 54.6 Å². The van der Waals surface area contributed by atoms with Crippen LogP contribution in [0.2, 0.25) is 0 Å². The Kier molecular flexibility index (Phi) is 5.75. The minimum atomic E-state index is -0.433. The van der Waals surface area contributed by atoms with E-state index in [0.717, 1.165) is 27.9 Å². The molecule has 28 heavy (non-hydrogen) atoms. The van der Waals surface area contributed by atoms with Crippen LogP contribution in [0, 0.1) is 12.3 Å². The van der Waals surface area contributed by atoms with Crippen LogP contribution in [0.3, 0.4) is 0 Å². The van der Waals surface area contributed by atoms with Gasteiger partial charge in [-0.05, 0) is 41.3 Å². The molecule has 5 heteroatoms. The molecule has 0 unspecified atom stereocenters. The summed E-state index contributed by atoms with van der Waals surface area (Å²) in [5, 5.41) is 11.2. The zero-order chi connectivity index (χ0) is 20.1. The SMILES string of the molecule is Cc1cccc(C(N)=O)c1Cc1ccc(C(=N)N)cc1NCc1ccccc1. The molecule has 0 aliphatic heterocycles. The van der Waals surface area contributed by atoms with Crippen LogP contribution < -0.4 is 16.8 Å². The predicted molar refractivity (Wildman–Crippen MR) is 114 cm³/mol. The molecule has 0 aliphatic carbocycles. The van der Waals surface area contributed by atoms with E-state index in [1.807, 2.05) is 67.6 Å². The largest absolute Gasteiger partial charge is 0.384 e. The van der Waals surface area contributed by atoms with Crippen LogP contribution in [0.1, 0.15) is 38.2 Å². The molecule has 0 spiro atoms. The first-order chi connectivity index (χ1) is 13.5. The fourth-order valence-corrected chi connectivity index (χ4v) is 3.21. The second-order valence-electron chi connectivity index (χ2n) is 6.77. The molecule has 0 aliphatic rings. The maximum absolute atomic E-state index is 11.9. The Morgan fingerprint density at radius 2 is 1.75 bits per heavy atom. The van der Waals surface area contributed by atoms with E-state index < -0.39 is 5.91 Å². The third-order valence-electron chi connectivity index (χ3n) is 4.79. The summed E-state index contributed by atoms with van der Waals surface area (Å²) in [4.78, 5) is 11.9. The number of amides is 1. The Labute approximate surface area is 164 Å². The number of hydrogen-bond donors (Lipinski definition) is 4. The molecule has 0 radical (unpaired) electrons. The molecule has 0 heterocycles. The van der Waals surface area contributed by atoms with Crippen LogP contribution >= 0.6 is 0 Å². The van der Waals surface area contributed by atoms with Gasteiger partial charge in [0, 0.05) is 29.8 Å². The lowest BCUT2D eigenvalue weighted by molar-refractivity contribution is 0.0999. The molecular weight excluding hydrogens is 348 g/mol. The fraction of sp³-hybridized carbons (Fsp3) is 0.130. The van der Waals surface area contributed by atoms with Gasteiger partial charge in [0.25, 0.3) is 0 Å². The molecule has 0 atom stereocenters. The number of nitrogens with one attached hydrogen (secondary N) is 2. The van der Waals surface area contributed by atoms with Crippen molar-refractivity contribution in [3.8, 4) is 0 Å². The molecule has 3 aromatic rings. The number of carbonyl (C=O) groups is 1. The number of rotatable bonds is 7. The maximum Gasteiger partial charge on any atom is 0.248 e. The summed E-state index contributed by atoms with van der Waals surface area (Å²) < 4.78 is 0. The lowest BCUT2D eigenvalue weighted by atomic mass is 9.93. The van der Waals surface area contributed by atoms with Gasteiger partial charge in [0.1, 0.15) is 5.84 Å². The van der Waals surface area contributed by atoms with E-state index in [2.05, 4.69) is 5.32 Å². The molecule has 0 fully saturated rings. The number of benzene rings is 3. The fourth-order valence-electron chi connectivity index (χ4n) is 3.21. The third-order valence-corrected chi connectivity index (χ3v) is 4.79. The third kappa shape index (κ3) is 4.38. The van der Waals surface area contributed by atoms with Crippen LogP contribution in [0.25, 0.3) is 0 Å². The number of nitrogen functional groups attached to an aromatic ring is 1. The summed E-state index contributed by atoms with van der Waals surface area (Å²) in [7, 11) is 0. The molecule has 1 amide bonds. The molecular formula is C23H24N4O. The smallest absolute Gasteiger partial charge is 0.248 e. The number of anilines is 1. The molecule has 0 bridgehead atoms. The van der Waals surface area contributed by atoms with Crippen molar-refractivity contribution < 1.29 is 4.79 Å². The number of amidine groups is 1. The van der Waals surface area contributed by atoms with Crippen molar-refractivity contribution in [2.45, 2.75) is 19.9 Å². The minimum Gasteiger partial charge on any atom is -0.384 e. The maximum atomic E-state index is 11.9. The van der Waals surface area contributed by atoms with Crippen molar-refractivity contribution in [3.63, 3.8) is 0 Å². The number of aryl methyl sites for hydroxylation is 1. The highest BCUT2D eigenvalue weighted by molar-refractivity contribution is 5.96. The number of primary amides is 1.